The summed E-state index contributed by atoms with van der Waals surface area (Å²) < 4.78 is 0. The number of allylic oxidation sites excluding steroid dienone is 1. The molecule has 0 N–H and O–H groups in total. The van der Waals surface area contributed by atoms with E-state index in [0.717, 1.165) is 18.4 Å². The number of likely N-dealkylation sites (N-methyl/N-ethyl adjacent to an activating group) is 1. The van der Waals surface area contributed by atoms with Crippen LogP contribution < -0.4 is 0 Å². The number of rotatable bonds is 1. The molecule has 0 aliphatic heterocycles. The second-order valence-corrected chi connectivity index (χ2v) is 3.41. The van der Waals surface area contributed by atoms with Crippen molar-refractivity contribution >= 4 is 5.91 Å². The van der Waals surface area contributed by atoms with Gasteiger partial charge in [-0.3, -0.25) is 4.79 Å². The van der Waals surface area contributed by atoms with E-state index in [1.807, 2.05) is 0 Å². The molecule has 1 aliphatic rings. The summed E-state index contributed by atoms with van der Waals surface area (Å²) in [5.41, 5.74) is 0.988. The van der Waals surface area contributed by atoms with E-state index in [1.165, 1.54) is 0 Å². The van der Waals surface area contributed by atoms with Gasteiger partial charge in [0, 0.05) is 19.7 Å². The van der Waals surface area contributed by atoms with Crippen molar-refractivity contribution in [3.05, 3.63) is 11.6 Å². The molecule has 62 valence electrons. The SMILES string of the molecule is CC1C=C(C(=O)N(C)C)CC1. The molecule has 1 atom stereocenters. The van der Waals surface area contributed by atoms with Crippen molar-refractivity contribution in [2.75, 3.05) is 14.1 Å². The van der Waals surface area contributed by atoms with Gasteiger partial charge in [-0.05, 0) is 18.8 Å². The van der Waals surface area contributed by atoms with Gasteiger partial charge in [-0.2, -0.15) is 0 Å². The van der Waals surface area contributed by atoms with Gasteiger partial charge in [0.2, 0.25) is 5.91 Å². The van der Waals surface area contributed by atoms with Crippen molar-refractivity contribution in [3.63, 3.8) is 0 Å². The average Bonchev–Trinajstić information content (AvgIpc) is 2.34. The van der Waals surface area contributed by atoms with E-state index in [9.17, 15) is 4.79 Å². The van der Waals surface area contributed by atoms with Crippen molar-refractivity contribution < 1.29 is 4.79 Å². The van der Waals surface area contributed by atoms with Gasteiger partial charge in [-0.1, -0.05) is 13.0 Å². The Hall–Kier alpha value is -0.790. The fourth-order valence-electron chi connectivity index (χ4n) is 1.36. The second-order valence-electron chi connectivity index (χ2n) is 3.41. The first-order valence-electron chi connectivity index (χ1n) is 4.03. The van der Waals surface area contributed by atoms with Gasteiger partial charge < -0.3 is 4.90 Å². The third-order valence-electron chi connectivity index (χ3n) is 2.04. The van der Waals surface area contributed by atoms with Crippen molar-refractivity contribution in [2.24, 2.45) is 5.92 Å². The zero-order valence-electron chi connectivity index (χ0n) is 7.42. The Morgan fingerprint density at radius 3 is 2.64 bits per heavy atom. The highest BCUT2D eigenvalue weighted by Crippen LogP contribution is 2.24. The van der Waals surface area contributed by atoms with Gasteiger partial charge in [0.1, 0.15) is 0 Å². The smallest absolute Gasteiger partial charge is 0.248 e. The number of amides is 1. The Morgan fingerprint density at radius 1 is 1.64 bits per heavy atom. The first-order chi connectivity index (χ1) is 5.11. The molecule has 1 unspecified atom stereocenters. The standard InChI is InChI=1S/C9H15NO/c1-7-4-5-8(6-7)9(11)10(2)3/h6-7H,4-5H2,1-3H3. The van der Waals surface area contributed by atoms with Crippen LogP contribution in [0.4, 0.5) is 0 Å². The normalized spacial score (nSPS) is 23.2. The molecule has 0 saturated carbocycles. The van der Waals surface area contributed by atoms with E-state index in [-0.39, 0.29) is 5.91 Å². The van der Waals surface area contributed by atoms with Crippen molar-refractivity contribution in [1.29, 1.82) is 0 Å². The molecule has 0 spiro atoms. The van der Waals surface area contributed by atoms with Gasteiger partial charge in [-0.15, -0.1) is 0 Å². The molecular formula is C9H15NO. The van der Waals surface area contributed by atoms with Crippen LogP contribution >= 0.6 is 0 Å². The Balaban J connectivity index is 2.62. The largest absolute Gasteiger partial charge is 0.345 e. The number of carbonyl (C=O) groups is 1. The van der Waals surface area contributed by atoms with Crippen LogP contribution in [-0.4, -0.2) is 24.9 Å². The van der Waals surface area contributed by atoms with Crippen LogP contribution in [0.15, 0.2) is 11.6 Å². The zero-order valence-corrected chi connectivity index (χ0v) is 7.42. The number of nitrogens with zero attached hydrogens (tertiary/aromatic N) is 1. The van der Waals surface area contributed by atoms with Gasteiger partial charge in [0.25, 0.3) is 0 Å². The van der Waals surface area contributed by atoms with E-state index < -0.39 is 0 Å². The summed E-state index contributed by atoms with van der Waals surface area (Å²) >= 11 is 0. The molecule has 0 heterocycles. The van der Waals surface area contributed by atoms with Gasteiger partial charge >= 0.3 is 0 Å². The van der Waals surface area contributed by atoms with Crippen molar-refractivity contribution in [2.45, 2.75) is 19.8 Å². The van der Waals surface area contributed by atoms with Crippen LogP contribution in [-0.2, 0) is 4.79 Å². The summed E-state index contributed by atoms with van der Waals surface area (Å²) in [6.07, 6.45) is 4.18. The molecule has 1 amide bonds. The topological polar surface area (TPSA) is 20.3 Å². The molecule has 11 heavy (non-hydrogen) atoms. The van der Waals surface area contributed by atoms with Gasteiger partial charge in [0.15, 0.2) is 0 Å². The molecule has 0 aromatic carbocycles. The first-order valence-corrected chi connectivity index (χ1v) is 4.03. The molecule has 0 fully saturated rings. The van der Waals surface area contributed by atoms with Crippen molar-refractivity contribution in [1.82, 2.24) is 4.90 Å². The first kappa shape index (κ1) is 8.31. The Labute approximate surface area is 67.9 Å². The molecule has 0 bridgehead atoms. The lowest BCUT2D eigenvalue weighted by atomic mass is 10.2. The summed E-state index contributed by atoms with van der Waals surface area (Å²) in [6.45, 7) is 2.15. The minimum absolute atomic E-state index is 0.175. The highest BCUT2D eigenvalue weighted by Gasteiger charge is 2.18. The van der Waals surface area contributed by atoms with Crippen LogP contribution in [0.25, 0.3) is 0 Å². The number of hydrogen-bond donors (Lipinski definition) is 0. The molecular weight excluding hydrogens is 138 g/mol. The zero-order chi connectivity index (χ0) is 8.43. The fraction of sp³-hybridized carbons (Fsp3) is 0.667. The van der Waals surface area contributed by atoms with Crippen LogP contribution in [0.3, 0.4) is 0 Å². The highest BCUT2D eigenvalue weighted by atomic mass is 16.2. The van der Waals surface area contributed by atoms with E-state index in [0.29, 0.717) is 5.92 Å². The molecule has 1 rings (SSSR count). The van der Waals surface area contributed by atoms with Crippen LogP contribution in [0.2, 0.25) is 0 Å². The van der Waals surface area contributed by atoms with Gasteiger partial charge in [-0.25, -0.2) is 0 Å². The van der Waals surface area contributed by atoms with E-state index >= 15 is 0 Å². The lowest BCUT2D eigenvalue weighted by Crippen LogP contribution is -2.22. The minimum atomic E-state index is 0.175. The van der Waals surface area contributed by atoms with Crippen molar-refractivity contribution in [3.8, 4) is 0 Å². The van der Waals surface area contributed by atoms with E-state index in [4.69, 9.17) is 0 Å². The molecule has 0 aromatic rings. The predicted molar refractivity (Wildman–Crippen MR) is 45.2 cm³/mol. The van der Waals surface area contributed by atoms with Gasteiger partial charge in [0.05, 0.1) is 0 Å². The summed E-state index contributed by atoms with van der Waals surface area (Å²) in [4.78, 5) is 13.0. The third kappa shape index (κ3) is 1.82. The quantitative estimate of drug-likeness (QED) is 0.558. The maximum absolute atomic E-state index is 11.3. The Morgan fingerprint density at radius 2 is 2.27 bits per heavy atom. The lowest BCUT2D eigenvalue weighted by Gasteiger charge is -2.09. The lowest BCUT2D eigenvalue weighted by molar-refractivity contribution is -0.124. The molecule has 0 aromatic heterocycles. The number of hydrogen-bond acceptors (Lipinski definition) is 1. The molecule has 2 heteroatoms. The maximum atomic E-state index is 11.3. The molecule has 0 saturated heterocycles. The van der Waals surface area contributed by atoms with Crippen LogP contribution in [0.1, 0.15) is 19.8 Å². The molecule has 0 radical (unpaired) electrons. The Bertz CT molecular complexity index is 194. The average molecular weight is 153 g/mol. The summed E-state index contributed by atoms with van der Waals surface area (Å²) in [7, 11) is 3.60. The maximum Gasteiger partial charge on any atom is 0.248 e. The fourth-order valence-corrected chi connectivity index (χ4v) is 1.36. The second kappa shape index (κ2) is 3.07. The van der Waals surface area contributed by atoms with E-state index in [2.05, 4.69) is 13.0 Å². The predicted octanol–water partition coefficient (Wildman–Crippen LogP) is 1.43. The third-order valence-corrected chi connectivity index (χ3v) is 2.04. The van der Waals surface area contributed by atoms with Crippen LogP contribution in [0, 0.1) is 5.92 Å². The number of carbonyl (C=O) groups excluding carboxylic acids is 1. The molecule has 1 aliphatic carbocycles. The summed E-state index contributed by atoms with van der Waals surface area (Å²) in [5, 5.41) is 0. The van der Waals surface area contributed by atoms with Crippen LogP contribution in [0.5, 0.6) is 0 Å². The summed E-state index contributed by atoms with van der Waals surface area (Å²) in [5.74, 6) is 0.767. The monoisotopic (exact) mass is 153 g/mol. The summed E-state index contributed by atoms with van der Waals surface area (Å²) in [6, 6.07) is 0. The van der Waals surface area contributed by atoms with E-state index in [1.54, 1.807) is 19.0 Å². The highest BCUT2D eigenvalue weighted by molar-refractivity contribution is 5.93. The Kier molecular flexibility index (Phi) is 2.32. The minimum Gasteiger partial charge on any atom is -0.345 e. The molecule has 2 nitrogen and oxygen atoms in total.